The lowest BCUT2D eigenvalue weighted by Gasteiger charge is -2.29. The third kappa shape index (κ3) is 1.46. The largest absolute Gasteiger partial charge is 0.389 e. The molecule has 2 atom stereocenters. The number of H-pyrrole nitrogens is 1. The Labute approximate surface area is 107 Å². The van der Waals surface area contributed by atoms with Crippen LogP contribution in [-0.2, 0) is 14.3 Å². The smallest absolute Gasteiger partial charge is 0.264 e. The molecule has 1 aromatic rings. The van der Waals surface area contributed by atoms with Crippen molar-refractivity contribution in [2.45, 2.75) is 25.0 Å². The number of fused-ring (bicyclic) bond motifs is 2. The molecule has 8 heteroatoms. The van der Waals surface area contributed by atoms with Crippen LogP contribution < -0.4 is 10.6 Å². The number of nitrogens with two attached hydrogens (primary N) is 1. The number of hydrogen-bond donors (Lipinski definition) is 2. The molecule has 2 fully saturated rings. The van der Waals surface area contributed by atoms with Crippen molar-refractivity contribution in [1.82, 2.24) is 10.2 Å². The highest BCUT2D eigenvalue weighted by Gasteiger charge is 2.48. The van der Waals surface area contributed by atoms with Gasteiger partial charge in [0.2, 0.25) is 0 Å². The standard InChI is InChI=1S/C10H10N4O3S/c11-7(18)4-3-12-13-8(4)14-9(15)5-1-2-6(17-5)10(14)16/h3,5-6H,1-2H2,(H2,11,18)(H,12,13). The molecule has 0 radical (unpaired) electrons. The number of nitrogens with one attached hydrogen (secondary N) is 1. The summed E-state index contributed by atoms with van der Waals surface area (Å²) >= 11 is 4.86. The lowest BCUT2D eigenvalue weighted by atomic mass is 10.2. The van der Waals surface area contributed by atoms with Crippen LogP contribution in [0, 0.1) is 0 Å². The number of aromatic nitrogens is 2. The van der Waals surface area contributed by atoms with Crippen molar-refractivity contribution in [1.29, 1.82) is 0 Å². The Morgan fingerprint density at radius 2 is 2.06 bits per heavy atom. The van der Waals surface area contributed by atoms with Crippen LogP contribution in [0.3, 0.4) is 0 Å². The molecule has 3 rings (SSSR count). The summed E-state index contributed by atoms with van der Waals surface area (Å²) in [4.78, 5) is 25.4. The van der Waals surface area contributed by atoms with Crippen molar-refractivity contribution < 1.29 is 14.3 Å². The molecule has 2 aliphatic rings. The average molecular weight is 266 g/mol. The second-order valence-electron chi connectivity index (χ2n) is 4.20. The maximum absolute atomic E-state index is 12.1. The fourth-order valence-corrected chi connectivity index (χ4v) is 2.40. The lowest BCUT2D eigenvalue weighted by Crippen LogP contribution is -2.52. The molecule has 3 heterocycles. The number of thiocarbonyl (C=S) groups is 1. The van der Waals surface area contributed by atoms with Gasteiger partial charge in [-0.1, -0.05) is 12.2 Å². The Morgan fingerprint density at radius 1 is 1.44 bits per heavy atom. The zero-order chi connectivity index (χ0) is 12.9. The molecule has 7 nitrogen and oxygen atoms in total. The topological polar surface area (TPSA) is 101 Å². The molecule has 0 saturated carbocycles. The van der Waals surface area contributed by atoms with E-state index < -0.39 is 24.0 Å². The van der Waals surface area contributed by atoms with Gasteiger partial charge in [0.05, 0.1) is 11.8 Å². The van der Waals surface area contributed by atoms with Crippen LogP contribution in [0.1, 0.15) is 18.4 Å². The Balaban J connectivity index is 2.05. The fourth-order valence-electron chi connectivity index (χ4n) is 2.25. The van der Waals surface area contributed by atoms with E-state index in [2.05, 4.69) is 10.2 Å². The van der Waals surface area contributed by atoms with Gasteiger partial charge in [0.1, 0.15) is 23.0 Å². The van der Waals surface area contributed by atoms with Gasteiger partial charge in [-0.2, -0.15) is 5.10 Å². The number of morpholine rings is 1. The van der Waals surface area contributed by atoms with E-state index in [1.54, 1.807) is 0 Å². The van der Waals surface area contributed by atoms with E-state index in [0.29, 0.717) is 18.4 Å². The number of hydrogen-bond acceptors (Lipinski definition) is 5. The van der Waals surface area contributed by atoms with Crippen LogP contribution in [0.5, 0.6) is 0 Å². The average Bonchev–Trinajstić information content (AvgIpc) is 2.95. The maximum Gasteiger partial charge on any atom is 0.264 e. The second-order valence-corrected chi connectivity index (χ2v) is 4.64. The molecule has 3 N–H and O–H groups in total. The van der Waals surface area contributed by atoms with Gasteiger partial charge in [0, 0.05) is 0 Å². The molecule has 2 saturated heterocycles. The van der Waals surface area contributed by atoms with Gasteiger partial charge in [-0.25, -0.2) is 4.90 Å². The van der Waals surface area contributed by atoms with E-state index in [1.165, 1.54) is 6.20 Å². The highest BCUT2D eigenvalue weighted by molar-refractivity contribution is 7.80. The number of aromatic amines is 1. The van der Waals surface area contributed by atoms with E-state index in [-0.39, 0.29) is 10.8 Å². The van der Waals surface area contributed by atoms with Crippen molar-refractivity contribution >= 4 is 34.8 Å². The van der Waals surface area contributed by atoms with Crippen LogP contribution in [0.25, 0.3) is 0 Å². The van der Waals surface area contributed by atoms with Gasteiger partial charge >= 0.3 is 0 Å². The first-order chi connectivity index (χ1) is 8.59. The Kier molecular flexibility index (Phi) is 2.42. The predicted molar refractivity (Wildman–Crippen MR) is 64.9 cm³/mol. The molecule has 2 amide bonds. The number of carbonyl (C=O) groups excluding carboxylic acids is 2. The molecule has 2 aliphatic heterocycles. The zero-order valence-corrected chi connectivity index (χ0v) is 10.1. The number of anilines is 1. The van der Waals surface area contributed by atoms with Crippen LogP contribution in [0.2, 0.25) is 0 Å². The third-order valence-corrected chi connectivity index (χ3v) is 3.34. The summed E-state index contributed by atoms with van der Waals surface area (Å²) in [5, 5.41) is 6.38. The molecule has 2 bridgehead atoms. The molecular weight excluding hydrogens is 256 g/mol. The van der Waals surface area contributed by atoms with Crippen molar-refractivity contribution in [3.05, 3.63) is 11.8 Å². The van der Waals surface area contributed by atoms with E-state index in [4.69, 9.17) is 22.7 Å². The number of imide groups is 1. The first kappa shape index (κ1) is 11.3. The number of rotatable bonds is 2. The van der Waals surface area contributed by atoms with E-state index in [1.807, 2.05) is 0 Å². The molecule has 2 unspecified atom stereocenters. The Hall–Kier alpha value is -1.80. The first-order valence-corrected chi connectivity index (χ1v) is 5.87. The van der Waals surface area contributed by atoms with Gasteiger partial charge in [-0.15, -0.1) is 0 Å². The van der Waals surface area contributed by atoms with E-state index >= 15 is 0 Å². The Bertz CT molecular complexity index is 533. The minimum absolute atomic E-state index is 0.0817. The minimum atomic E-state index is -0.560. The minimum Gasteiger partial charge on any atom is -0.389 e. The zero-order valence-electron chi connectivity index (χ0n) is 9.25. The van der Waals surface area contributed by atoms with Gasteiger partial charge in [0.25, 0.3) is 11.8 Å². The van der Waals surface area contributed by atoms with Gasteiger partial charge in [-0.3, -0.25) is 14.7 Å². The third-order valence-electron chi connectivity index (χ3n) is 3.12. The molecule has 18 heavy (non-hydrogen) atoms. The quantitative estimate of drug-likeness (QED) is 0.551. The number of nitrogens with zero attached hydrogens (tertiary/aromatic N) is 2. The van der Waals surface area contributed by atoms with Gasteiger partial charge in [0.15, 0.2) is 0 Å². The van der Waals surface area contributed by atoms with E-state index in [9.17, 15) is 9.59 Å². The van der Waals surface area contributed by atoms with Gasteiger partial charge in [-0.05, 0) is 12.8 Å². The van der Waals surface area contributed by atoms with Crippen molar-refractivity contribution in [2.24, 2.45) is 5.73 Å². The number of amides is 2. The van der Waals surface area contributed by atoms with Gasteiger partial charge < -0.3 is 10.5 Å². The van der Waals surface area contributed by atoms with Crippen molar-refractivity contribution in [3.8, 4) is 0 Å². The normalized spacial score (nSPS) is 26.8. The summed E-state index contributed by atoms with van der Waals surface area (Å²) in [6.07, 6.45) is 1.39. The monoisotopic (exact) mass is 266 g/mol. The van der Waals surface area contributed by atoms with Crippen molar-refractivity contribution in [3.63, 3.8) is 0 Å². The number of carbonyl (C=O) groups is 2. The summed E-state index contributed by atoms with van der Waals surface area (Å²) in [6.45, 7) is 0. The van der Waals surface area contributed by atoms with Crippen LogP contribution in [-0.4, -0.2) is 39.2 Å². The van der Waals surface area contributed by atoms with Crippen LogP contribution in [0.15, 0.2) is 6.20 Å². The summed E-state index contributed by atoms with van der Waals surface area (Å²) in [5.41, 5.74) is 5.91. The maximum atomic E-state index is 12.1. The lowest BCUT2D eigenvalue weighted by molar-refractivity contribution is -0.146. The molecular formula is C10H10N4O3S. The van der Waals surface area contributed by atoms with E-state index in [0.717, 1.165) is 4.90 Å². The predicted octanol–water partition coefficient (Wildman–Crippen LogP) is -0.535. The second kappa shape index (κ2) is 3.85. The highest BCUT2D eigenvalue weighted by atomic mass is 32.1. The molecule has 0 aromatic carbocycles. The van der Waals surface area contributed by atoms with Crippen molar-refractivity contribution in [2.75, 3.05) is 4.90 Å². The summed E-state index contributed by atoms with van der Waals surface area (Å²) in [5.74, 6) is -0.552. The van der Waals surface area contributed by atoms with Crippen LogP contribution in [0.4, 0.5) is 5.82 Å². The summed E-state index contributed by atoms with van der Waals surface area (Å²) in [7, 11) is 0. The fraction of sp³-hybridized carbons (Fsp3) is 0.400. The Morgan fingerprint density at radius 3 is 2.61 bits per heavy atom. The molecule has 0 aliphatic carbocycles. The number of ether oxygens (including phenoxy) is 1. The summed E-state index contributed by atoms with van der Waals surface area (Å²) < 4.78 is 5.31. The van der Waals surface area contributed by atoms with Crippen LogP contribution >= 0.6 is 12.2 Å². The highest BCUT2D eigenvalue weighted by Crippen LogP contribution is 2.32. The molecule has 0 spiro atoms. The SMILES string of the molecule is NC(=S)c1cn[nH]c1N1C(=O)C2CCC(O2)C1=O. The molecule has 1 aromatic heterocycles. The molecule has 94 valence electrons. The first-order valence-electron chi connectivity index (χ1n) is 5.46. The summed E-state index contributed by atoms with van der Waals surface area (Å²) in [6, 6.07) is 0.